The maximum absolute atomic E-state index is 11.7. The summed E-state index contributed by atoms with van der Waals surface area (Å²) in [5.74, 6) is -0.237. The molecule has 1 amide bonds. The van der Waals surface area contributed by atoms with E-state index < -0.39 is 5.41 Å². The van der Waals surface area contributed by atoms with E-state index in [1.54, 1.807) is 0 Å². The molecule has 0 unspecified atom stereocenters. The van der Waals surface area contributed by atoms with Crippen LogP contribution in [0.2, 0.25) is 0 Å². The number of hydrogen-bond acceptors (Lipinski definition) is 3. The largest absolute Gasteiger partial charge is 0.399 e. The van der Waals surface area contributed by atoms with Crippen LogP contribution in [0.15, 0.2) is 24.3 Å². The van der Waals surface area contributed by atoms with Gasteiger partial charge in [0.15, 0.2) is 0 Å². The number of nitrogens with two attached hydrogens (primary N) is 2. The van der Waals surface area contributed by atoms with Gasteiger partial charge < -0.3 is 16.8 Å². The molecule has 1 aliphatic heterocycles. The predicted octanol–water partition coefficient (Wildman–Crippen LogP) is 0.375. The van der Waals surface area contributed by atoms with Crippen LogP contribution in [0, 0.1) is 0 Å². The molecule has 0 bridgehead atoms. The van der Waals surface area contributed by atoms with Gasteiger partial charge in [-0.1, -0.05) is 12.1 Å². The number of anilines is 1. The van der Waals surface area contributed by atoms with Crippen LogP contribution in [0.1, 0.15) is 18.4 Å². The van der Waals surface area contributed by atoms with Crippen LogP contribution in [-0.2, 0) is 10.2 Å². The minimum atomic E-state index is -0.515. The number of primary amides is 1. The van der Waals surface area contributed by atoms with E-state index in [1.807, 2.05) is 24.3 Å². The third-order valence-corrected chi connectivity index (χ3v) is 3.39. The zero-order valence-corrected chi connectivity index (χ0v) is 9.20. The van der Waals surface area contributed by atoms with Gasteiger partial charge in [-0.2, -0.15) is 0 Å². The smallest absolute Gasteiger partial charge is 0.228 e. The SMILES string of the molecule is NC(=O)C1(c2ccc(N)cc2)CCNCC1. The Kier molecular flexibility index (Phi) is 2.83. The Morgan fingerprint density at radius 2 is 1.75 bits per heavy atom. The zero-order valence-electron chi connectivity index (χ0n) is 9.20. The van der Waals surface area contributed by atoms with Crippen molar-refractivity contribution >= 4 is 11.6 Å². The van der Waals surface area contributed by atoms with Crippen LogP contribution < -0.4 is 16.8 Å². The quantitative estimate of drug-likeness (QED) is 0.629. The monoisotopic (exact) mass is 219 g/mol. The lowest BCUT2D eigenvalue weighted by Gasteiger charge is -2.35. The van der Waals surface area contributed by atoms with Gasteiger partial charge in [0.25, 0.3) is 0 Å². The fourth-order valence-corrected chi connectivity index (χ4v) is 2.33. The molecule has 0 saturated carbocycles. The summed E-state index contributed by atoms with van der Waals surface area (Å²) in [7, 11) is 0. The summed E-state index contributed by atoms with van der Waals surface area (Å²) in [4.78, 5) is 11.7. The third-order valence-electron chi connectivity index (χ3n) is 3.39. The second-order valence-corrected chi connectivity index (χ2v) is 4.32. The van der Waals surface area contributed by atoms with Crippen LogP contribution in [0.25, 0.3) is 0 Å². The van der Waals surface area contributed by atoms with Gasteiger partial charge in [-0.3, -0.25) is 4.79 Å². The first-order valence-electron chi connectivity index (χ1n) is 5.52. The average molecular weight is 219 g/mol. The second-order valence-electron chi connectivity index (χ2n) is 4.32. The number of piperidine rings is 1. The molecule has 1 aromatic carbocycles. The number of carbonyl (C=O) groups excluding carboxylic acids is 1. The lowest BCUT2D eigenvalue weighted by Crippen LogP contribution is -2.48. The van der Waals surface area contributed by atoms with Gasteiger partial charge in [0, 0.05) is 5.69 Å². The van der Waals surface area contributed by atoms with Crippen molar-refractivity contribution in [1.82, 2.24) is 5.32 Å². The van der Waals surface area contributed by atoms with Crippen LogP contribution in [0.5, 0.6) is 0 Å². The number of carbonyl (C=O) groups is 1. The first-order valence-corrected chi connectivity index (χ1v) is 5.52. The number of hydrogen-bond donors (Lipinski definition) is 3. The first kappa shape index (κ1) is 11.0. The van der Waals surface area contributed by atoms with Gasteiger partial charge in [0.2, 0.25) is 5.91 Å². The standard InChI is InChI=1S/C12H17N3O/c13-10-3-1-9(2-4-10)12(11(14)16)5-7-15-8-6-12/h1-4,15H,5-8,13H2,(H2,14,16). The highest BCUT2D eigenvalue weighted by molar-refractivity contribution is 5.87. The number of amides is 1. The van der Waals surface area contributed by atoms with Crippen LogP contribution in [0.3, 0.4) is 0 Å². The molecular weight excluding hydrogens is 202 g/mol. The van der Waals surface area contributed by atoms with Crippen LogP contribution >= 0.6 is 0 Å². The Balaban J connectivity index is 2.38. The molecular formula is C12H17N3O. The molecule has 0 radical (unpaired) electrons. The van der Waals surface area contributed by atoms with Crippen molar-refractivity contribution in [3.8, 4) is 0 Å². The Morgan fingerprint density at radius 1 is 1.19 bits per heavy atom. The van der Waals surface area contributed by atoms with Crippen molar-refractivity contribution in [2.24, 2.45) is 5.73 Å². The molecule has 0 spiro atoms. The summed E-state index contributed by atoms with van der Waals surface area (Å²) in [6, 6.07) is 7.46. The summed E-state index contributed by atoms with van der Waals surface area (Å²) in [5, 5.41) is 3.24. The highest BCUT2D eigenvalue weighted by atomic mass is 16.1. The molecule has 1 fully saturated rings. The maximum atomic E-state index is 11.7. The normalized spacial score (nSPS) is 19.2. The molecule has 1 heterocycles. The van der Waals surface area contributed by atoms with E-state index in [0.717, 1.165) is 31.5 Å². The lowest BCUT2D eigenvalue weighted by atomic mass is 9.72. The predicted molar refractivity (Wildman–Crippen MR) is 63.8 cm³/mol. The summed E-state index contributed by atoms with van der Waals surface area (Å²) < 4.78 is 0. The van der Waals surface area contributed by atoms with Crippen molar-refractivity contribution in [2.75, 3.05) is 18.8 Å². The molecule has 1 aliphatic rings. The van der Waals surface area contributed by atoms with Gasteiger partial charge in [0.05, 0.1) is 5.41 Å². The number of rotatable bonds is 2. The summed E-state index contributed by atoms with van der Waals surface area (Å²) >= 11 is 0. The maximum Gasteiger partial charge on any atom is 0.228 e. The van der Waals surface area contributed by atoms with Crippen molar-refractivity contribution in [1.29, 1.82) is 0 Å². The molecule has 4 nitrogen and oxygen atoms in total. The average Bonchev–Trinajstić information content (AvgIpc) is 2.30. The van der Waals surface area contributed by atoms with Crippen LogP contribution in [-0.4, -0.2) is 19.0 Å². The van der Waals surface area contributed by atoms with E-state index in [-0.39, 0.29) is 5.91 Å². The Hall–Kier alpha value is -1.55. The highest BCUT2D eigenvalue weighted by Crippen LogP contribution is 2.33. The van der Waals surface area contributed by atoms with Gasteiger partial charge >= 0.3 is 0 Å². The molecule has 5 N–H and O–H groups in total. The molecule has 0 atom stereocenters. The van der Waals surface area contributed by atoms with E-state index in [1.165, 1.54) is 0 Å². The van der Waals surface area contributed by atoms with Crippen LogP contribution in [0.4, 0.5) is 5.69 Å². The number of nitrogen functional groups attached to an aromatic ring is 1. The second kappa shape index (κ2) is 4.14. The zero-order chi connectivity index (χ0) is 11.6. The fraction of sp³-hybridized carbons (Fsp3) is 0.417. The first-order chi connectivity index (χ1) is 7.65. The molecule has 2 rings (SSSR count). The molecule has 16 heavy (non-hydrogen) atoms. The minimum Gasteiger partial charge on any atom is -0.399 e. The molecule has 1 aromatic rings. The molecule has 0 aromatic heterocycles. The summed E-state index contributed by atoms with van der Waals surface area (Å²) in [6.45, 7) is 1.65. The number of benzene rings is 1. The van der Waals surface area contributed by atoms with Gasteiger partial charge in [-0.15, -0.1) is 0 Å². The molecule has 86 valence electrons. The van der Waals surface area contributed by atoms with Crippen molar-refractivity contribution in [3.05, 3.63) is 29.8 Å². The Labute approximate surface area is 95.0 Å². The third kappa shape index (κ3) is 1.76. The van der Waals surface area contributed by atoms with E-state index in [0.29, 0.717) is 5.69 Å². The van der Waals surface area contributed by atoms with Gasteiger partial charge in [-0.05, 0) is 43.6 Å². The van der Waals surface area contributed by atoms with E-state index >= 15 is 0 Å². The Bertz CT molecular complexity index is 380. The van der Waals surface area contributed by atoms with E-state index in [4.69, 9.17) is 11.5 Å². The Morgan fingerprint density at radius 3 is 2.25 bits per heavy atom. The highest BCUT2D eigenvalue weighted by Gasteiger charge is 2.39. The lowest BCUT2D eigenvalue weighted by molar-refractivity contribution is -0.124. The van der Waals surface area contributed by atoms with Gasteiger partial charge in [0.1, 0.15) is 0 Å². The molecule has 0 aliphatic carbocycles. The van der Waals surface area contributed by atoms with Crippen molar-refractivity contribution in [2.45, 2.75) is 18.3 Å². The number of nitrogens with one attached hydrogen (secondary N) is 1. The molecule has 4 heteroatoms. The van der Waals surface area contributed by atoms with Crippen molar-refractivity contribution < 1.29 is 4.79 Å². The van der Waals surface area contributed by atoms with E-state index in [2.05, 4.69) is 5.32 Å². The van der Waals surface area contributed by atoms with E-state index in [9.17, 15) is 4.79 Å². The van der Waals surface area contributed by atoms with Crippen molar-refractivity contribution in [3.63, 3.8) is 0 Å². The topological polar surface area (TPSA) is 81.1 Å². The molecule has 1 saturated heterocycles. The minimum absolute atomic E-state index is 0.237. The summed E-state index contributed by atoms with van der Waals surface area (Å²) in [5.41, 5.74) is 12.4. The van der Waals surface area contributed by atoms with Gasteiger partial charge in [-0.25, -0.2) is 0 Å². The summed E-state index contributed by atoms with van der Waals surface area (Å²) in [6.07, 6.45) is 1.51. The fourth-order valence-electron chi connectivity index (χ4n) is 2.33.